The third-order valence-corrected chi connectivity index (χ3v) is 2.31. The molecule has 3 aromatic rings. The molecule has 0 spiro atoms. The van der Waals surface area contributed by atoms with E-state index in [1.165, 1.54) is 6.33 Å². The van der Waals surface area contributed by atoms with E-state index >= 15 is 0 Å². The fraction of sp³-hybridized carbons (Fsp3) is 0.100. The predicted octanol–water partition coefficient (Wildman–Crippen LogP) is 0.820. The Balaban J connectivity index is 2.32. The molecule has 3 aromatic heterocycles. The van der Waals surface area contributed by atoms with Crippen LogP contribution in [0.5, 0.6) is 0 Å². The molecule has 0 fully saturated rings. The van der Waals surface area contributed by atoms with Crippen LogP contribution in [0, 0.1) is 0 Å². The van der Waals surface area contributed by atoms with Gasteiger partial charge in [0, 0.05) is 19.4 Å². The monoisotopic (exact) mass is 212 g/mol. The second kappa shape index (κ2) is 3.34. The first-order valence-electron chi connectivity index (χ1n) is 4.76. The van der Waals surface area contributed by atoms with E-state index < -0.39 is 0 Å². The Labute approximate surface area is 91.0 Å². The molecule has 16 heavy (non-hydrogen) atoms. The van der Waals surface area contributed by atoms with Gasteiger partial charge in [0.2, 0.25) is 0 Å². The molecule has 0 radical (unpaired) electrons. The molecule has 0 bridgehead atoms. The highest BCUT2D eigenvalue weighted by Gasteiger charge is 2.10. The molecule has 0 aliphatic heterocycles. The molecule has 0 N–H and O–H groups in total. The van der Waals surface area contributed by atoms with E-state index in [0.29, 0.717) is 11.5 Å². The summed E-state index contributed by atoms with van der Waals surface area (Å²) in [6, 6.07) is 1.77. The molecule has 78 valence electrons. The van der Waals surface area contributed by atoms with Crippen molar-refractivity contribution in [3.63, 3.8) is 0 Å². The second-order valence-electron chi connectivity index (χ2n) is 3.30. The standard InChI is InChI=1S/C10H8N6/c1-16-10-7(5-15-16)8(13-6-14-10)9-11-3-2-4-12-9/h2-6H,1H3. The maximum Gasteiger partial charge on any atom is 0.178 e. The summed E-state index contributed by atoms with van der Waals surface area (Å²) < 4.78 is 1.70. The van der Waals surface area contributed by atoms with Crippen LogP contribution in [-0.4, -0.2) is 29.7 Å². The molecule has 0 saturated heterocycles. The molecule has 0 atom stereocenters. The van der Waals surface area contributed by atoms with Gasteiger partial charge in [-0.2, -0.15) is 5.10 Å². The number of aryl methyl sites for hydroxylation is 1. The van der Waals surface area contributed by atoms with Crippen LogP contribution in [0.3, 0.4) is 0 Å². The van der Waals surface area contributed by atoms with Crippen LogP contribution in [-0.2, 0) is 7.05 Å². The average Bonchev–Trinajstić information content (AvgIpc) is 2.73. The van der Waals surface area contributed by atoms with Crippen LogP contribution in [0.15, 0.2) is 31.0 Å². The van der Waals surface area contributed by atoms with Crippen LogP contribution in [0.25, 0.3) is 22.6 Å². The van der Waals surface area contributed by atoms with E-state index in [4.69, 9.17) is 0 Å². The maximum atomic E-state index is 4.20. The van der Waals surface area contributed by atoms with E-state index in [0.717, 1.165) is 11.0 Å². The summed E-state index contributed by atoms with van der Waals surface area (Å²) in [6.45, 7) is 0. The number of rotatable bonds is 1. The lowest BCUT2D eigenvalue weighted by molar-refractivity contribution is 0.785. The lowest BCUT2D eigenvalue weighted by Crippen LogP contribution is -1.95. The lowest BCUT2D eigenvalue weighted by atomic mass is 10.3. The highest BCUT2D eigenvalue weighted by molar-refractivity contribution is 5.87. The summed E-state index contributed by atoms with van der Waals surface area (Å²) in [5.41, 5.74) is 1.48. The third kappa shape index (κ3) is 1.23. The van der Waals surface area contributed by atoms with Crippen molar-refractivity contribution in [1.29, 1.82) is 0 Å². The highest BCUT2D eigenvalue weighted by Crippen LogP contribution is 2.20. The van der Waals surface area contributed by atoms with Crippen LogP contribution in [0.2, 0.25) is 0 Å². The van der Waals surface area contributed by atoms with Crippen LogP contribution < -0.4 is 0 Å². The van der Waals surface area contributed by atoms with Gasteiger partial charge in [-0.1, -0.05) is 0 Å². The Bertz CT molecular complexity index is 630. The van der Waals surface area contributed by atoms with Crippen molar-refractivity contribution in [2.75, 3.05) is 0 Å². The van der Waals surface area contributed by atoms with Gasteiger partial charge in [0.05, 0.1) is 11.6 Å². The summed E-state index contributed by atoms with van der Waals surface area (Å²) in [5.74, 6) is 0.586. The van der Waals surface area contributed by atoms with Gasteiger partial charge in [-0.15, -0.1) is 0 Å². The number of aromatic nitrogens is 6. The number of hydrogen-bond acceptors (Lipinski definition) is 5. The molecular formula is C10H8N6. The Morgan fingerprint density at radius 3 is 2.69 bits per heavy atom. The fourth-order valence-electron chi connectivity index (χ4n) is 1.56. The van der Waals surface area contributed by atoms with Gasteiger partial charge < -0.3 is 0 Å². The van der Waals surface area contributed by atoms with E-state index in [-0.39, 0.29) is 0 Å². The quantitative estimate of drug-likeness (QED) is 0.597. The number of hydrogen-bond donors (Lipinski definition) is 0. The molecule has 0 aliphatic carbocycles. The van der Waals surface area contributed by atoms with Crippen LogP contribution >= 0.6 is 0 Å². The van der Waals surface area contributed by atoms with Crippen LogP contribution in [0.4, 0.5) is 0 Å². The zero-order valence-electron chi connectivity index (χ0n) is 8.57. The Hall–Kier alpha value is -2.37. The summed E-state index contributed by atoms with van der Waals surface area (Å²) in [5, 5.41) is 5.00. The molecule has 0 amide bonds. The minimum absolute atomic E-state index is 0.586. The van der Waals surface area contributed by atoms with Crippen molar-refractivity contribution in [3.8, 4) is 11.5 Å². The first-order valence-corrected chi connectivity index (χ1v) is 4.76. The molecular weight excluding hydrogens is 204 g/mol. The lowest BCUT2D eigenvalue weighted by Gasteiger charge is -1.99. The molecule has 3 heterocycles. The maximum absolute atomic E-state index is 4.20. The van der Waals surface area contributed by atoms with Gasteiger partial charge in [0.1, 0.15) is 12.0 Å². The van der Waals surface area contributed by atoms with Gasteiger partial charge in [-0.3, -0.25) is 4.68 Å². The molecule has 0 unspecified atom stereocenters. The summed E-state index contributed by atoms with van der Waals surface area (Å²) in [6.07, 6.45) is 6.59. The van der Waals surface area contributed by atoms with Crippen molar-refractivity contribution in [1.82, 2.24) is 29.7 Å². The Kier molecular flexibility index (Phi) is 1.86. The van der Waals surface area contributed by atoms with Gasteiger partial charge in [-0.25, -0.2) is 19.9 Å². The van der Waals surface area contributed by atoms with Crippen molar-refractivity contribution in [2.45, 2.75) is 0 Å². The first kappa shape index (κ1) is 8.90. The Morgan fingerprint density at radius 1 is 1.06 bits per heavy atom. The van der Waals surface area contributed by atoms with E-state index in [1.54, 1.807) is 29.3 Å². The van der Waals surface area contributed by atoms with Crippen molar-refractivity contribution >= 4 is 11.0 Å². The smallest absolute Gasteiger partial charge is 0.178 e. The van der Waals surface area contributed by atoms with Crippen molar-refractivity contribution < 1.29 is 0 Å². The van der Waals surface area contributed by atoms with Gasteiger partial charge in [0.25, 0.3) is 0 Å². The topological polar surface area (TPSA) is 69.4 Å². The third-order valence-electron chi connectivity index (χ3n) is 2.31. The SMILES string of the molecule is Cn1ncc2c(-c3ncccn3)ncnc21. The molecule has 6 heteroatoms. The summed E-state index contributed by atoms with van der Waals surface area (Å²) >= 11 is 0. The molecule has 6 nitrogen and oxygen atoms in total. The Morgan fingerprint density at radius 2 is 1.88 bits per heavy atom. The van der Waals surface area contributed by atoms with E-state index in [2.05, 4.69) is 25.0 Å². The van der Waals surface area contributed by atoms with Gasteiger partial charge >= 0.3 is 0 Å². The van der Waals surface area contributed by atoms with E-state index in [9.17, 15) is 0 Å². The van der Waals surface area contributed by atoms with Crippen molar-refractivity contribution in [2.24, 2.45) is 7.05 Å². The predicted molar refractivity (Wildman–Crippen MR) is 57.3 cm³/mol. The largest absolute Gasteiger partial charge is 0.250 e. The summed E-state index contributed by atoms with van der Waals surface area (Å²) in [7, 11) is 1.84. The molecule has 0 aliphatic rings. The molecule has 3 rings (SSSR count). The van der Waals surface area contributed by atoms with Gasteiger partial charge in [0.15, 0.2) is 11.5 Å². The zero-order valence-corrected chi connectivity index (χ0v) is 8.57. The minimum atomic E-state index is 0.586. The highest BCUT2D eigenvalue weighted by atomic mass is 15.3. The zero-order chi connectivity index (χ0) is 11.0. The summed E-state index contributed by atoms with van der Waals surface area (Å²) in [4.78, 5) is 16.7. The van der Waals surface area contributed by atoms with E-state index in [1.807, 2.05) is 7.05 Å². The van der Waals surface area contributed by atoms with Crippen molar-refractivity contribution in [3.05, 3.63) is 31.0 Å². The molecule has 0 aromatic carbocycles. The normalized spacial score (nSPS) is 10.8. The number of fused-ring (bicyclic) bond motifs is 1. The number of nitrogens with zero attached hydrogens (tertiary/aromatic N) is 6. The van der Waals surface area contributed by atoms with Gasteiger partial charge in [-0.05, 0) is 6.07 Å². The molecule has 0 saturated carbocycles. The second-order valence-corrected chi connectivity index (χ2v) is 3.30. The minimum Gasteiger partial charge on any atom is -0.250 e. The average molecular weight is 212 g/mol. The first-order chi connectivity index (χ1) is 7.86. The fourth-order valence-corrected chi connectivity index (χ4v) is 1.56. The van der Waals surface area contributed by atoms with Crippen LogP contribution in [0.1, 0.15) is 0 Å².